The van der Waals surface area contributed by atoms with E-state index in [2.05, 4.69) is 38.7 Å². The van der Waals surface area contributed by atoms with E-state index in [4.69, 9.17) is 0 Å². The van der Waals surface area contributed by atoms with Crippen LogP contribution in [0.15, 0.2) is 28.7 Å². The predicted octanol–water partition coefficient (Wildman–Crippen LogP) is 2.83. The molecule has 0 saturated heterocycles. The molecule has 0 spiro atoms. The van der Waals surface area contributed by atoms with Crippen molar-refractivity contribution in [1.29, 1.82) is 0 Å². The van der Waals surface area contributed by atoms with E-state index in [1.54, 1.807) is 0 Å². The summed E-state index contributed by atoms with van der Waals surface area (Å²) in [6.45, 7) is 1.76. The molecule has 0 fully saturated rings. The van der Waals surface area contributed by atoms with Gasteiger partial charge in [0.2, 0.25) is 0 Å². The monoisotopic (exact) mass is 299 g/mol. The highest BCUT2D eigenvalue weighted by atomic mass is 79.9. The number of hydrogen-bond donors (Lipinski definition) is 0. The highest BCUT2D eigenvalue weighted by Crippen LogP contribution is 2.17. The van der Waals surface area contributed by atoms with Gasteiger partial charge >= 0.3 is 5.97 Å². The van der Waals surface area contributed by atoms with Crippen LogP contribution in [0, 0.1) is 0 Å². The van der Waals surface area contributed by atoms with E-state index in [1.807, 2.05) is 18.2 Å². The van der Waals surface area contributed by atoms with Crippen LogP contribution in [0.4, 0.5) is 0 Å². The molecule has 0 heterocycles. The first kappa shape index (κ1) is 14.2. The lowest BCUT2D eigenvalue weighted by Crippen LogP contribution is -2.20. The summed E-state index contributed by atoms with van der Waals surface area (Å²) in [5, 5.41) is 0. The zero-order chi connectivity index (χ0) is 12.7. The number of esters is 1. The number of carbonyl (C=O) groups excluding carboxylic acids is 1. The number of hydrogen-bond acceptors (Lipinski definition) is 3. The van der Waals surface area contributed by atoms with Gasteiger partial charge in [0.1, 0.15) is 0 Å². The second-order valence-corrected chi connectivity index (χ2v) is 4.86. The number of halogens is 1. The second kappa shape index (κ2) is 7.45. The van der Waals surface area contributed by atoms with Crippen LogP contribution in [0.5, 0.6) is 0 Å². The van der Waals surface area contributed by atoms with Gasteiger partial charge in [-0.3, -0.25) is 4.79 Å². The Morgan fingerprint density at radius 3 is 2.76 bits per heavy atom. The number of nitrogens with zero attached hydrogens (tertiary/aromatic N) is 1. The summed E-state index contributed by atoms with van der Waals surface area (Å²) in [6.07, 6.45) is 1.31. The van der Waals surface area contributed by atoms with E-state index in [-0.39, 0.29) is 5.97 Å². The van der Waals surface area contributed by atoms with E-state index in [0.29, 0.717) is 6.42 Å². The van der Waals surface area contributed by atoms with Gasteiger partial charge in [0, 0.05) is 17.4 Å². The van der Waals surface area contributed by atoms with Gasteiger partial charge in [-0.1, -0.05) is 34.1 Å². The van der Waals surface area contributed by atoms with Crippen LogP contribution in [0.2, 0.25) is 0 Å². The minimum atomic E-state index is -0.140. The second-order valence-electron chi connectivity index (χ2n) is 4.01. The molecule has 0 radical (unpaired) electrons. The standard InChI is InChI=1S/C13H18BrNO2/c1-15(9-5-8-13(16)17-2)10-11-6-3-4-7-12(11)14/h3-4,6-7H,5,8-10H2,1-2H3. The van der Waals surface area contributed by atoms with Gasteiger partial charge in [-0.15, -0.1) is 0 Å². The first-order chi connectivity index (χ1) is 8.13. The quantitative estimate of drug-likeness (QED) is 0.757. The fourth-order valence-electron chi connectivity index (χ4n) is 1.59. The molecule has 0 bridgehead atoms. The Kier molecular flexibility index (Phi) is 6.22. The van der Waals surface area contributed by atoms with Crippen molar-refractivity contribution in [1.82, 2.24) is 4.90 Å². The fraction of sp³-hybridized carbons (Fsp3) is 0.462. The molecule has 0 unspecified atom stereocenters. The Balaban J connectivity index is 2.32. The maximum absolute atomic E-state index is 11.0. The van der Waals surface area contributed by atoms with Crippen molar-refractivity contribution < 1.29 is 9.53 Å². The SMILES string of the molecule is COC(=O)CCCN(C)Cc1ccccc1Br. The molecule has 1 aromatic rings. The van der Waals surface area contributed by atoms with Crippen molar-refractivity contribution >= 4 is 21.9 Å². The van der Waals surface area contributed by atoms with Crippen molar-refractivity contribution in [2.24, 2.45) is 0 Å². The van der Waals surface area contributed by atoms with Crippen LogP contribution in [0.3, 0.4) is 0 Å². The number of ether oxygens (including phenoxy) is 1. The normalized spacial score (nSPS) is 10.6. The molecular formula is C13H18BrNO2. The molecule has 4 heteroatoms. The molecule has 1 aromatic carbocycles. The molecule has 0 N–H and O–H groups in total. The van der Waals surface area contributed by atoms with Crippen molar-refractivity contribution in [2.45, 2.75) is 19.4 Å². The molecule has 3 nitrogen and oxygen atoms in total. The Morgan fingerprint density at radius 1 is 1.41 bits per heavy atom. The third-order valence-electron chi connectivity index (χ3n) is 2.55. The van der Waals surface area contributed by atoms with Gasteiger partial charge in [-0.05, 0) is 31.6 Å². The molecule has 94 valence electrons. The Morgan fingerprint density at radius 2 is 2.12 bits per heavy atom. The lowest BCUT2D eigenvalue weighted by molar-refractivity contribution is -0.140. The van der Waals surface area contributed by atoms with Gasteiger partial charge in [-0.2, -0.15) is 0 Å². The molecule has 1 rings (SSSR count). The molecule has 0 aliphatic heterocycles. The highest BCUT2D eigenvalue weighted by Gasteiger charge is 2.05. The van der Waals surface area contributed by atoms with Crippen LogP contribution < -0.4 is 0 Å². The Bertz CT molecular complexity index is 368. The van der Waals surface area contributed by atoms with Crippen LogP contribution in [-0.2, 0) is 16.1 Å². The average molecular weight is 300 g/mol. The van der Waals surface area contributed by atoms with E-state index in [9.17, 15) is 4.79 Å². The topological polar surface area (TPSA) is 29.5 Å². The number of methoxy groups -OCH3 is 1. The molecule has 17 heavy (non-hydrogen) atoms. The largest absolute Gasteiger partial charge is 0.469 e. The van der Waals surface area contributed by atoms with Gasteiger partial charge in [0.05, 0.1) is 7.11 Å². The Hall–Kier alpha value is -0.870. The van der Waals surface area contributed by atoms with E-state index in [0.717, 1.165) is 24.0 Å². The Labute approximate surface area is 111 Å². The first-order valence-corrected chi connectivity index (χ1v) is 6.41. The summed E-state index contributed by atoms with van der Waals surface area (Å²) in [5.74, 6) is -0.140. The first-order valence-electron chi connectivity index (χ1n) is 5.62. The minimum Gasteiger partial charge on any atom is -0.469 e. The third kappa shape index (κ3) is 5.33. The van der Waals surface area contributed by atoms with Crippen molar-refractivity contribution in [2.75, 3.05) is 20.7 Å². The summed E-state index contributed by atoms with van der Waals surface area (Å²) in [6, 6.07) is 8.17. The van der Waals surface area contributed by atoms with Gasteiger partial charge in [-0.25, -0.2) is 0 Å². The van der Waals surface area contributed by atoms with Crippen LogP contribution in [-0.4, -0.2) is 31.6 Å². The number of benzene rings is 1. The summed E-state index contributed by atoms with van der Waals surface area (Å²) in [5.41, 5.74) is 1.26. The number of rotatable bonds is 6. The summed E-state index contributed by atoms with van der Waals surface area (Å²) < 4.78 is 5.73. The molecule has 0 aliphatic carbocycles. The van der Waals surface area contributed by atoms with Crippen molar-refractivity contribution in [3.8, 4) is 0 Å². The van der Waals surface area contributed by atoms with Gasteiger partial charge in [0.15, 0.2) is 0 Å². The molecular weight excluding hydrogens is 282 g/mol. The van der Waals surface area contributed by atoms with Crippen LogP contribution in [0.25, 0.3) is 0 Å². The number of carbonyl (C=O) groups is 1. The van der Waals surface area contributed by atoms with Crippen LogP contribution >= 0.6 is 15.9 Å². The maximum Gasteiger partial charge on any atom is 0.305 e. The summed E-state index contributed by atoms with van der Waals surface area (Å²) in [7, 11) is 3.48. The van der Waals surface area contributed by atoms with Crippen molar-refractivity contribution in [3.05, 3.63) is 34.3 Å². The average Bonchev–Trinajstić information content (AvgIpc) is 2.32. The van der Waals surface area contributed by atoms with E-state index < -0.39 is 0 Å². The molecule has 0 aliphatic rings. The smallest absolute Gasteiger partial charge is 0.305 e. The van der Waals surface area contributed by atoms with Crippen LogP contribution in [0.1, 0.15) is 18.4 Å². The van der Waals surface area contributed by atoms with Gasteiger partial charge in [0.25, 0.3) is 0 Å². The van der Waals surface area contributed by atoms with Crippen molar-refractivity contribution in [3.63, 3.8) is 0 Å². The summed E-state index contributed by atoms with van der Waals surface area (Å²) >= 11 is 3.53. The lowest BCUT2D eigenvalue weighted by Gasteiger charge is -2.17. The third-order valence-corrected chi connectivity index (χ3v) is 3.32. The predicted molar refractivity (Wildman–Crippen MR) is 71.7 cm³/mol. The highest BCUT2D eigenvalue weighted by molar-refractivity contribution is 9.10. The van der Waals surface area contributed by atoms with E-state index >= 15 is 0 Å². The zero-order valence-corrected chi connectivity index (χ0v) is 11.9. The molecule has 0 saturated carbocycles. The maximum atomic E-state index is 11.0. The zero-order valence-electron chi connectivity index (χ0n) is 10.3. The van der Waals surface area contributed by atoms with Gasteiger partial charge < -0.3 is 9.64 Å². The minimum absolute atomic E-state index is 0.140. The summed E-state index contributed by atoms with van der Waals surface area (Å²) in [4.78, 5) is 13.2. The van der Waals surface area contributed by atoms with E-state index in [1.165, 1.54) is 12.7 Å². The molecule has 0 aromatic heterocycles. The fourth-order valence-corrected chi connectivity index (χ4v) is 2.00. The lowest BCUT2D eigenvalue weighted by atomic mass is 10.2. The molecule has 0 atom stereocenters. The molecule has 0 amide bonds.